The van der Waals surface area contributed by atoms with Crippen molar-refractivity contribution in [3.8, 4) is 17.3 Å². The van der Waals surface area contributed by atoms with Crippen LogP contribution in [0.5, 0.6) is 5.75 Å². The highest BCUT2D eigenvalue weighted by Crippen LogP contribution is 2.28. The van der Waals surface area contributed by atoms with Crippen LogP contribution in [0.3, 0.4) is 0 Å². The molecule has 104 valence electrons. The molecular formula is C14H16N4OS. The van der Waals surface area contributed by atoms with Crippen molar-refractivity contribution in [2.24, 2.45) is 12.8 Å². The number of thiazole rings is 1. The van der Waals surface area contributed by atoms with Crippen molar-refractivity contribution in [1.29, 1.82) is 0 Å². The van der Waals surface area contributed by atoms with Gasteiger partial charge in [0.05, 0.1) is 24.2 Å². The number of imidazole rings is 1. The molecule has 3 rings (SSSR count). The third kappa shape index (κ3) is 2.07. The zero-order valence-electron chi connectivity index (χ0n) is 11.6. The van der Waals surface area contributed by atoms with Crippen LogP contribution in [0, 0.1) is 0 Å². The normalized spacial score (nSPS) is 12.8. The van der Waals surface area contributed by atoms with Crippen molar-refractivity contribution in [2.45, 2.75) is 13.0 Å². The second-order valence-corrected chi connectivity index (χ2v) is 5.60. The molecular weight excluding hydrogens is 272 g/mol. The number of aromatic nitrogens is 3. The topological polar surface area (TPSA) is 66.0 Å². The summed E-state index contributed by atoms with van der Waals surface area (Å²) in [6.45, 7) is 1.93. The molecule has 5 nitrogen and oxygen atoms in total. The van der Waals surface area contributed by atoms with Crippen LogP contribution in [0.15, 0.2) is 23.6 Å². The second kappa shape index (κ2) is 4.88. The second-order valence-electron chi connectivity index (χ2n) is 4.71. The van der Waals surface area contributed by atoms with Crippen LogP contribution in [0.2, 0.25) is 0 Å². The molecule has 0 spiro atoms. The number of ether oxygens (including phenoxy) is 1. The lowest BCUT2D eigenvalue weighted by atomic mass is 10.3. The molecule has 1 aromatic carbocycles. The number of aryl methyl sites for hydroxylation is 1. The summed E-state index contributed by atoms with van der Waals surface area (Å²) in [7, 11) is 3.64. The van der Waals surface area contributed by atoms with E-state index < -0.39 is 0 Å². The van der Waals surface area contributed by atoms with Gasteiger partial charge in [0.2, 0.25) is 0 Å². The van der Waals surface area contributed by atoms with Crippen LogP contribution in [-0.4, -0.2) is 21.6 Å². The zero-order chi connectivity index (χ0) is 14.3. The van der Waals surface area contributed by atoms with Gasteiger partial charge >= 0.3 is 0 Å². The minimum absolute atomic E-state index is 0.0523. The highest BCUT2D eigenvalue weighted by molar-refractivity contribution is 7.10. The lowest BCUT2D eigenvalue weighted by molar-refractivity contribution is 0.415. The van der Waals surface area contributed by atoms with E-state index in [9.17, 15) is 0 Å². The molecule has 0 aliphatic rings. The minimum atomic E-state index is -0.0523. The molecule has 0 aliphatic heterocycles. The van der Waals surface area contributed by atoms with Crippen molar-refractivity contribution in [3.05, 3.63) is 28.6 Å². The predicted molar refractivity (Wildman–Crippen MR) is 81.0 cm³/mol. The van der Waals surface area contributed by atoms with Crippen molar-refractivity contribution < 1.29 is 4.74 Å². The Balaban J connectivity index is 2.13. The van der Waals surface area contributed by atoms with Gasteiger partial charge < -0.3 is 15.0 Å². The molecule has 0 saturated heterocycles. The van der Waals surface area contributed by atoms with Gasteiger partial charge in [-0.2, -0.15) is 0 Å². The fourth-order valence-corrected chi connectivity index (χ4v) is 2.89. The molecule has 0 radical (unpaired) electrons. The summed E-state index contributed by atoms with van der Waals surface area (Å²) in [6.07, 6.45) is 0. The van der Waals surface area contributed by atoms with Gasteiger partial charge in [-0.05, 0) is 19.1 Å². The van der Waals surface area contributed by atoms with Crippen molar-refractivity contribution in [2.75, 3.05) is 7.11 Å². The fraction of sp³-hybridized carbons (Fsp3) is 0.286. The maximum atomic E-state index is 5.86. The van der Waals surface area contributed by atoms with Crippen molar-refractivity contribution in [3.63, 3.8) is 0 Å². The Morgan fingerprint density at radius 3 is 2.80 bits per heavy atom. The Morgan fingerprint density at radius 1 is 1.35 bits per heavy atom. The van der Waals surface area contributed by atoms with Crippen LogP contribution in [0.25, 0.3) is 22.6 Å². The average molecular weight is 288 g/mol. The Hall–Kier alpha value is -1.92. The van der Waals surface area contributed by atoms with E-state index >= 15 is 0 Å². The summed E-state index contributed by atoms with van der Waals surface area (Å²) in [5, 5.41) is 2.92. The molecule has 6 heteroatoms. The SMILES string of the molecule is COc1ccc2c(c1)nc(-c1csc(C(C)N)n1)n2C. The lowest BCUT2D eigenvalue weighted by Crippen LogP contribution is -2.04. The van der Waals surface area contributed by atoms with Crippen LogP contribution < -0.4 is 10.5 Å². The number of rotatable bonds is 3. The van der Waals surface area contributed by atoms with E-state index in [1.54, 1.807) is 18.4 Å². The van der Waals surface area contributed by atoms with Crippen molar-refractivity contribution >= 4 is 22.4 Å². The minimum Gasteiger partial charge on any atom is -0.497 e. The van der Waals surface area contributed by atoms with Gasteiger partial charge in [-0.1, -0.05) is 0 Å². The molecule has 3 aromatic rings. The average Bonchev–Trinajstić information content (AvgIpc) is 3.03. The summed E-state index contributed by atoms with van der Waals surface area (Å²) in [4.78, 5) is 9.21. The monoisotopic (exact) mass is 288 g/mol. The van der Waals surface area contributed by atoms with E-state index in [1.165, 1.54) is 0 Å². The van der Waals surface area contributed by atoms with E-state index in [4.69, 9.17) is 10.5 Å². The van der Waals surface area contributed by atoms with E-state index in [0.29, 0.717) is 0 Å². The first-order chi connectivity index (χ1) is 9.60. The number of fused-ring (bicyclic) bond motifs is 1. The van der Waals surface area contributed by atoms with Gasteiger partial charge in [0.15, 0.2) is 5.82 Å². The van der Waals surface area contributed by atoms with E-state index in [0.717, 1.165) is 33.3 Å². The molecule has 0 bridgehead atoms. The summed E-state index contributed by atoms with van der Waals surface area (Å²) in [5.74, 6) is 1.65. The highest BCUT2D eigenvalue weighted by atomic mass is 32.1. The molecule has 0 aliphatic carbocycles. The Morgan fingerprint density at radius 2 is 2.15 bits per heavy atom. The van der Waals surface area contributed by atoms with E-state index in [-0.39, 0.29) is 6.04 Å². The van der Waals surface area contributed by atoms with Gasteiger partial charge in [0.25, 0.3) is 0 Å². The third-order valence-corrected chi connectivity index (χ3v) is 4.27. The Labute approximate surface area is 121 Å². The molecule has 0 saturated carbocycles. The lowest BCUT2D eigenvalue weighted by Gasteiger charge is -2.00. The largest absolute Gasteiger partial charge is 0.497 e. The summed E-state index contributed by atoms with van der Waals surface area (Å²) in [6, 6.07) is 5.81. The number of methoxy groups -OCH3 is 1. The number of nitrogens with zero attached hydrogens (tertiary/aromatic N) is 3. The molecule has 1 unspecified atom stereocenters. The van der Waals surface area contributed by atoms with Gasteiger partial charge in [0, 0.05) is 18.5 Å². The maximum Gasteiger partial charge on any atom is 0.160 e. The van der Waals surface area contributed by atoms with Gasteiger partial charge in [-0.25, -0.2) is 9.97 Å². The summed E-state index contributed by atoms with van der Waals surface area (Å²) in [5.41, 5.74) is 8.67. The van der Waals surface area contributed by atoms with E-state index in [1.807, 2.05) is 42.1 Å². The van der Waals surface area contributed by atoms with Crippen molar-refractivity contribution in [1.82, 2.24) is 14.5 Å². The number of hydrogen-bond donors (Lipinski definition) is 1. The van der Waals surface area contributed by atoms with Crippen LogP contribution in [0.1, 0.15) is 18.0 Å². The maximum absolute atomic E-state index is 5.86. The van der Waals surface area contributed by atoms with E-state index in [2.05, 4.69) is 9.97 Å². The standard InChI is InChI=1S/C14H16N4OS/c1-8(15)14-17-11(7-20-14)13-16-10-6-9(19-3)4-5-12(10)18(13)2/h4-8H,15H2,1-3H3. The summed E-state index contributed by atoms with van der Waals surface area (Å²) < 4.78 is 7.27. The molecule has 2 N–H and O–H groups in total. The molecule has 2 heterocycles. The van der Waals surface area contributed by atoms with Crippen LogP contribution >= 0.6 is 11.3 Å². The first kappa shape index (κ1) is 13.1. The first-order valence-electron chi connectivity index (χ1n) is 6.32. The Kier molecular flexibility index (Phi) is 3.19. The molecule has 20 heavy (non-hydrogen) atoms. The van der Waals surface area contributed by atoms with Crippen LogP contribution in [-0.2, 0) is 7.05 Å². The van der Waals surface area contributed by atoms with Crippen LogP contribution in [0.4, 0.5) is 0 Å². The smallest absolute Gasteiger partial charge is 0.160 e. The summed E-state index contributed by atoms with van der Waals surface area (Å²) >= 11 is 1.56. The molecule has 2 aromatic heterocycles. The quantitative estimate of drug-likeness (QED) is 0.804. The van der Waals surface area contributed by atoms with Gasteiger partial charge in [0.1, 0.15) is 16.5 Å². The highest BCUT2D eigenvalue weighted by Gasteiger charge is 2.14. The number of hydrogen-bond acceptors (Lipinski definition) is 5. The van der Waals surface area contributed by atoms with Gasteiger partial charge in [-0.3, -0.25) is 0 Å². The van der Waals surface area contributed by atoms with Gasteiger partial charge in [-0.15, -0.1) is 11.3 Å². The molecule has 0 fully saturated rings. The third-order valence-electron chi connectivity index (χ3n) is 3.23. The molecule has 1 atom stereocenters. The number of benzene rings is 1. The zero-order valence-corrected chi connectivity index (χ0v) is 12.4. The predicted octanol–water partition coefficient (Wildman–Crippen LogP) is 2.73. The number of nitrogens with two attached hydrogens (primary N) is 1. The fourth-order valence-electron chi connectivity index (χ4n) is 2.14. The Bertz CT molecular complexity index is 760. The first-order valence-corrected chi connectivity index (χ1v) is 7.20. The molecule has 0 amide bonds.